The van der Waals surface area contributed by atoms with Crippen LogP contribution < -0.4 is 5.32 Å². The number of hydrogen-bond acceptors (Lipinski definition) is 4. The maximum atomic E-state index is 13.3. The number of fused-ring (bicyclic) bond motifs is 3. The number of hydrogen-bond donors (Lipinski definition) is 1. The first-order valence-corrected chi connectivity index (χ1v) is 11.8. The fourth-order valence-electron chi connectivity index (χ4n) is 4.14. The predicted molar refractivity (Wildman–Crippen MR) is 128 cm³/mol. The van der Waals surface area contributed by atoms with Gasteiger partial charge in [-0.2, -0.15) is 0 Å². The third-order valence-corrected chi connectivity index (χ3v) is 6.25. The van der Waals surface area contributed by atoms with Crippen LogP contribution in [-0.2, 0) is 9.53 Å². The quantitative estimate of drug-likeness (QED) is 0.290. The molecule has 0 saturated heterocycles. The number of esters is 1. The Morgan fingerprint density at radius 3 is 2.61 bits per heavy atom. The van der Waals surface area contributed by atoms with Gasteiger partial charge in [-0.25, -0.2) is 9.78 Å². The van der Waals surface area contributed by atoms with Crippen LogP contribution in [0.25, 0.3) is 11.0 Å². The highest BCUT2D eigenvalue weighted by Gasteiger charge is 2.34. The molecule has 31 heavy (non-hydrogen) atoms. The van der Waals surface area contributed by atoms with E-state index >= 15 is 0 Å². The molecule has 1 atom stereocenters. The SMILES string of the molecule is CCCCCCCOC(=O)C1=C(C)Nc2nc3ccccc3n2[C@H]1c1ccc(Br)cc1. The van der Waals surface area contributed by atoms with Gasteiger partial charge in [-0.3, -0.25) is 4.57 Å². The molecule has 0 spiro atoms. The van der Waals surface area contributed by atoms with Gasteiger partial charge in [0.15, 0.2) is 0 Å². The summed E-state index contributed by atoms with van der Waals surface area (Å²) in [4.78, 5) is 18.0. The number of carbonyl (C=O) groups excluding carboxylic acids is 1. The number of nitrogens with one attached hydrogen (secondary N) is 1. The Kier molecular flexibility index (Phi) is 6.76. The molecule has 5 nitrogen and oxygen atoms in total. The number of allylic oxidation sites excluding steroid dienone is 1. The maximum absolute atomic E-state index is 13.3. The van der Waals surface area contributed by atoms with Crippen molar-refractivity contribution in [1.29, 1.82) is 0 Å². The lowest BCUT2D eigenvalue weighted by Crippen LogP contribution is -2.29. The molecule has 1 N–H and O–H groups in total. The van der Waals surface area contributed by atoms with E-state index in [4.69, 9.17) is 9.72 Å². The molecule has 0 fully saturated rings. The van der Waals surface area contributed by atoms with Crippen LogP contribution in [0, 0.1) is 0 Å². The molecule has 0 saturated carbocycles. The van der Waals surface area contributed by atoms with Crippen molar-refractivity contribution >= 4 is 38.9 Å². The second kappa shape index (κ2) is 9.69. The number of rotatable bonds is 8. The Bertz CT molecular complexity index is 1100. The summed E-state index contributed by atoms with van der Waals surface area (Å²) in [5, 5.41) is 3.33. The number of nitrogens with zero attached hydrogens (tertiary/aromatic N) is 2. The number of aromatic nitrogens is 2. The van der Waals surface area contributed by atoms with Gasteiger partial charge in [0, 0.05) is 10.2 Å². The minimum absolute atomic E-state index is 0.267. The zero-order valence-electron chi connectivity index (χ0n) is 18.0. The van der Waals surface area contributed by atoms with Crippen molar-refractivity contribution in [2.75, 3.05) is 11.9 Å². The summed E-state index contributed by atoms with van der Waals surface area (Å²) in [6.07, 6.45) is 5.60. The first kappa shape index (κ1) is 21.6. The summed E-state index contributed by atoms with van der Waals surface area (Å²) in [7, 11) is 0. The van der Waals surface area contributed by atoms with Crippen LogP contribution in [0.2, 0.25) is 0 Å². The molecule has 162 valence electrons. The number of halogens is 1. The molecule has 0 aliphatic carbocycles. The molecule has 1 aromatic heterocycles. The third kappa shape index (κ3) is 4.54. The lowest BCUT2D eigenvalue weighted by molar-refractivity contribution is -0.139. The zero-order valence-corrected chi connectivity index (χ0v) is 19.6. The lowest BCUT2D eigenvalue weighted by atomic mass is 9.95. The van der Waals surface area contributed by atoms with E-state index in [-0.39, 0.29) is 12.0 Å². The first-order valence-electron chi connectivity index (χ1n) is 11.0. The van der Waals surface area contributed by atoms with Gasteiger partial charge >= 0.3 is 5.97 Å². The van der Waals surface area contributed by atoms with Crippen molar-refractivity contribution < 1.29 is 9.53 Å². The molecule has 0 bridgehead atoms. The highest BCUT2D eigenvalue weighted by atomic mass is 79.9. The molecule has 2 aromatic carbocycles. The van der Waals surface area contributed by atoms with Crippen LogP contribution in [0.4, 0.5) is 5.95 Å². The first-order chi connectivity index (χ1) is 15.1. The van der Waals surface area contributed by atoms with E-state index in [1.54, 1.807) is 0 Å². The summed E-state index contributed by atoms with van der Waals surface area (Å²) in [6.45, 7) is 4.57. The van der Waals surface area contributed by atoms with Gasteiger partial charge < -0.3 is 10.1 Å². The van der Waals surface area contributed by atoms with Crippen LogP contribution in [0.5, 0.6) is 0 Å². The van der Waals surface area contributed by atoms with Crippen molar-refractivity contribution in [3.8, 4) is 0 Å². The smallest absolute Gasteiger partial charge is 0.338 e. The van der Waals surface area contributed by atoms with Crippen molar-refractivity contribution in [3.63, 3.8) is 0 Å². The average molecular weight is 482 g/mol. The van der Waals surface area contributed by atoms with Crippen LogP contribution >= 0.6 is 15.9 Å². The zero-order chi connectivity index (χ0) is 21.8. The highest BCUT2D eigenvalue weighted by molar-refractivity contribution is 9.10. The average Bonchev–Trinajstić information content (AvgIpc) is 3.13. The molecular weight excluding hydrogens is 454 g/mol. The number of ether oxygens (including phenoxy) is 1. The number of unbranched alkanes of at least 4 members (excludes halogenated alkanes) is 4. The van der Waals surface area contributed by atoms with Gasteiger partial charge in [0.05, 0.1) is 29.3 Å². The molecule has 6 heteroatoms. The third-order valence-electron chi connectivity index (χ3n) is 5.72. The standard InChI is InChI=1S/C25H28BrN3O2/c1-3-4-5-6-9-16-31-24(30)22-17(2)27-25-28-20-10-7-8-11-21(20)29(25)23(22)18-12-14-19(26)15-13-18/h7-8,10-15,23H,3-6,9,16H2,1-2H3,(H,27,28)/t23-/m0/s1. The van der Waals surface area contributed by atoms with E-state index < -0.39 is 0 Å². The van der Waals surface area contributed by atoms with Crippen molar-refractivity contribution in [2.45, 2.75) is 52.0 Å². The van der Waals surface area contributed by atoms with Crippen LogP contribution in [-0.4, -0.2) is 22.1 Å². The fraction of sp³-hybridized carbons (Fsp3) is 0.360. The summed E-state index contributed by atoms with van der Waals surface area (Å²) >= 11 is 3.51. The molecule has 1 aliphatic heterocycles. The Hall–Kier alpha value is -2.60. The van der Waals surface area contributed by atoms with Gasteiger partial charge in [0.1, 0.15) is 0 Å². The van der Waals surface area contributed by atoms with Gasteiger partial charge in [0.2, 0.25) is 5.95 Å². The second-order valence-corrected chi connectivity index (χ2v) is 8.88. The minimum Gasteiger partial charge on any atom is -0.462 e. The van der Waals surface area contributed by atoms with Crippen molar-refractivity contribution in [2.24, 2.45) is 0 Å². The van der Waals surface area contributed by atoms with Gasteiger partial charge in [-0.05, 0) is 43.2 Å². The molecule has 0 radical (unpaired) electrons. The number of anilines is 1. The molecule has 4 rings (SSSR count). The van der Waals surface area contributed by atoms with Crippen LogP contribution in [0.15, 0.2) is 64.3 Å². The van der Waals surface area contributed by atoms with Crippen LogP contribution in [0.3, 0.4) is 0 Å². The summed E-state index contributed by atoms with van der Waals surface area (Å²) < 4.78 is 8.83. The Morgan fingerprint density at radius 1 is 1.10 bits per heavy atom. The highest BCUT2D eigenvalue weighted by Crippen LogP contribution is 2.39. The molecule has 0 amide bonds. The Labute approximate surface area is 191 Å². The molecule has 0 unspecified atom stereocenters. The molecule has 2 heterocycles. The molecule has 3 aromatic rings. The summed E-state index contributed by atoms with van der Waals surface area (Å²) in [5.74, 6) is 0.472. The predicted octanol–water partition coefficient (Wildman–Crippen LogP) is 6.60. The van der Waals surface area contributed by atoms with E-state index in [1.165, 1.54) is 19.3 Å². The topological polar surface area (TPSA) is 56.1 Å². The number of imidazole rings is 1. The van der Waals surface area contributed by atoms with E-state index in [2.05, 4.69) is 32.7 Å². The summed E-state index contributed by atoms with van der Waals surface area (Å²) in [6, 6.07) is 15.8. The summed E-state index contributed by atoms with van der Waals surface area (Å²) in [5.41, 5.74) is 4.31. The minimum atomic E-state index is -0.302. The fourth-order valence-corrected chi connectivity index (χ4v) is 4.40. The second-order valence-electron chi connectivity index (χ2n) is 7.96. The van der Waals surface area contributed by atoms with E-state index in [9.17, 15) is 4.79 Å². The number of benzene rings is 2. The molecule has 1 aliphatic rings. The van der Waals surface area contributed by atoms with Gasteiger partial charge in [0.25, 0.3) is 0 Å². The van der Waals surface area contributed by atoms with Crippen LogP contribution in [0.1, 0.15) is 57.6 Å². The maximum Gasteiger partial charge on any atom is 0.338 e. The Morgan fingerprint density at radius 2 is 1.84 bits per heavy atom. The largest absolute Gasteiger partial charge is 0.462 e. The van der Waals surface area contributed by atoms with Gasteiger partial charge in [-0.15, -0.1) is 0 Å². The number of para-hydroxylation sites is 2. The molecular formula is C25H28BrN3O2. The lowest BCUT2D eigenvalue weighted by Gasteiger charge is -2.30. The monoisotopic (exact) mass is 481 g/mol. The van der Waals surface area contributed by atoms with E-state index in [0.717, 1.165) is 45.6 Å². The normalized spacial score (nSPS) is 15.6. The Balaban J connectivity index is 1.67. The number of carbonyl (C=O) groups is 1. The van der Waals surface area contributed by atoms with E-state index in [1.807, 2.05) is 55.5 Å². The van der Waals surface area contributed by atoms with E-state index in [0.29, 0.717) is 12.2 Å². The van der Waals surface area contributed by atoms with Crippen molar-refractivity contribution in [3.05, 3.63) is 69.8 Å². The van der Waals surface area contributed by atoms with Crippen molar-refractivity contribution in [1.82, 2.24) is 9.55 Å². The van der Waals surface area contributed by atoms with Gasteiger partial charge in [-0.1, -0.05) is 72.8 Å².